The lowest BCUT2D eigenvalue weighted by Crippen LogP contribution is -2.52. The Morgan fingerprint density at radius 1 is 1.25 bits per heavy atom. The molecular formula is C16H24N4O3S. The number of aromatic amines is 1. The molecule has 2 rings (SSSR count). The largest absolute Gasteiger partial charge is 0.361 e. The van der Waals surface area contributed by atoms with Crippen LogP contribution in [0.15, 0.2) is 30.5 Å². The molecule has 0 spiro atoms. The number of hydrogen-bond acceptors (Lipinski definition) is 3. The maximum atomic E-state index is 12.4. The second-order valence-corrected chi connectivity index (χ2v) is 8.10. The van der Waals surface area contributed by atoms with Crippen molar-refractivity contribution in [3.8, 4) is 0 Å². The maximum absolute atomic E-state index is 12.4. The number of rotatable bonds is 7. The molecule has 2 aromatic rings. The third-order valence-corrected chi connectivity index (χ3v) is 5.16. The van der Waals surface area contributed by atoms with Crippen LogP contribution in [-0.2, 0) is 21.4 Å². The summed E-state index contributed by atoms with van der Waals surface area (Å²) < 4.78 is 27.8. The molecule has 0 fully saturated rings. The van der Waals surface area contributed by atoms with Gasteiger partial charge in [-0.15, -0.1) is 0 Å². The first-order valence-electron chi connectivity index (χ1n) is 7.76. The topological polar surface area (TPSA) is 94.3 Å². The van der Waals surface area contributed by atoms with E-state index < -0.39 is 16.3 Å². The van der Waals surface area contributed by atoms with E-state index in [1.165, 1.54) is 14.1 Å². The molecule has 1 atom stereocenters. The predicted octanol–water partition coefficient (Wildman–Crippen LogP) is 1.000. The molecule has 0 saturated carbocycles. The molecule has 1 amide bonds. The minimum atomic E-state index is -3.72. The van der Waals surface area contributed by atoms with Crippen LogP contribution in [0.3, 0.4) is 0 Å². The van der Waals surface area contributed by atoms with Crippen LogP contribution in [0, 0.1) is 0 Å². The molecule has 0 saturated heterocycles. The molecule has 0 aliphatic rings. The summed E-state index contributed by atoms with van der Waals surface area (Å²) in [5, 5.41) is 3.75. The number of carbonyl (C=O) groups is 1. The van der Waals surface area contributed by atoms with E-state index >= 15 is 0 Å². The van der Waals surface area contributed by atoms with Gasteiger partial charge in [-0.1, -0.05) is 18.2 Å². The van der Waals surface area contributed by atoms with E-state index in [0.29, 0.717) is 0 Å². The van der Waals surface area contributed by atoms with Crippen LogP contribution in [0.4, 0.5) is 0 Å². The maximum Gasteiger partial charge on any atom is 0.279 e. The Labute approximate surface area is 142 Å². The lowest BCUT2D eigenvalue weighted by atomic mass is 10.0. The molecule has 0 unspecified atom stereocenters. The van der Waals surface area contributed by atoms with Gasteiger partial charge in [0.15, 0.2) is 0 Å². The van der Waals surface area contributed by atoms with Gasteiger partial charge in [0.2, 0.25) is 5.91 Å². The van der Waals surface area contributed by atoms with E-state index in [4.69, 9.17) is 0 Å². The van der Waals surface area contributed by atoms with Gasteiger partial charge in [-0.3, -0.25) is 4.79 Å². The van der Waals surface area contributed by atoms with Crippen LogP contribution >= 0.6 is 0 Å². The predicted molar refractivity (Wildman–Crippen MR) is 94.8 cm³/mol. The molecule has 1 aromatic heterocycles. The second-order valence-electron chi connectivity index (χ2n) is 6.18. The lowest BCUT2D eigenvalue weighted by Gasteiger charge is -2.21. The number of para-hydroxylation sites is 1. The van der Waals surface area contributed by atoms with Crippen LogP contribution < -0.4 is 10.0 Å². The molecule has 0 aliphatic carbocycles. The van der Waals surface area contributed by atoms with Gasteiger partial charge in [-0.2, -0.15) is 17.4 Å². The van der Waals surface area contributed by atoms with E-state index in [0.717, 1.165) is 20.8 Å². The summed E-state index contributed by atoms with van der Waals surface area (Å²) in [6, 6.07) is 6.74. The molecule has 8 heteroatoms. The van der Waals surface area contributed by atoms with Gasteiger partial charge in [-0.05, 0) is 31.9 Å². The smallest absolute Gasteiger partial charge is 0.279 e. The SMILES string of the molecule is CC(C)NC(=O)[C@H](Cc1c[nH]c2ccccc12)NS(=O)(=O)N(C)C. The number of nitrogens with one attached hydrogen (secondary N) is 3. The Morgan fingerprint density at radius 3 is 2.54 bits per heavy atom. The fourth-order valence-corrected chi connectivity index (χ4v) is 3.14. The van der Waals surface area contributed by atoms with Gasteiger partial charge in [0.05, 0.1) is 0 Å². The van der Waals surface area contributed by atoms with Crippen molar-refractivity contribution >= 4 is 27.0 Å². The van der Waals surface area contributed by atoms with E-state index in [-0.39, 0.29) is 18.4 Å². The summed E-state index contributed by atoms with van der Waals surface area (Å²) in [7, 11) is -0.878. The van der Waals surface area contributed by atoms with E-state index in [9.17, 15) is 13.2 Å². The van der Waals surface area contributed by atoms with Gasteiger partial charge in [0.25, 0.3) is 10.2 Å². The normalized spacial score (nSPS) is 13.6. The van der Waals surface area contributed by atoms with Crippen molar-refractivity contribution in [2.45, 2.75) is 32.4 Å². The first-order valence-corrected chi connectivity index (χ1v) is 9.20. The van der Waals surface area contributed by atoms with Crippen molar-refractivity contribution in [3.05, 3.63) is 36.0 Å². The van der Waals surface area contributed by atoms with Crippen LogP contribution in [-0.4, -0.2) is 49.8 Å². The lowest BCUT2D eigenvalue weighted by molar-refractivity contribution is -0.123. The molecule has 3 N–H and O–H groups in total. The van der Waals surface area contributed by atoms with Gasteiger partial charge in [0.1, 0.15) is 6.04 Å². The molecule has 1 aromatic carbocycles. The molecule has 0 aliphatic heterocycles. The summed E-state index contributed by atoms with van der Waals surface area (Å²) in [6.45, 7) is 3.67. The van der Waals surface area contributed by atoms with Crippen molar-refractivity contribution in [3.63, 3.8) is 0 Å². The van der Waals surface area contributed by atoms with E-state index in [2.05, 4.69) is 15.0 Å². The van der Waals surface area contributed by atoms with Crippen LogP contribution in [0.2, 0.25) is 0 Å². The highest BCUT2D eigenvalue weighted by molar-refractivity contribution is 7.87. The number of aromatic nitrogens is 1. The Balaban J connectivity index is 2.30. The number of carbonyl (C=O) groups excluding carboxylic acids is 1. The summed E-state index contributed by atoms with van der Waals surface area (Å²) in [5.74, 6) is -0.347. The van der Waals surface area contributed by atoms with E-state index in [1.54, 1.807) is 0 Å². The average molecular weight is 352 g/mol. The summed E-state index contributed by atoms with van der Waals surface area (Å²) in [4.78, 5) is 15.6. The van der Waals surface area contributed by atoms with Crippen molar-refractivity contribution in [2.24, 2.45) is 0 Å². The van der Waals surface area contributed by atoms with Crippen LogP contribution in [0.1, 0.15) is 19.4 Å². The van der Waals surface area contributed by atoms with Crippen molar-refractivity contribution in [1.82, 2.24) is 19.3 Å². The Bertz CT molecular complexity index is 812. The molecule has 1 heterocycles. The number of fused-ring (bicyclic) bond motifs is 1. The Kier molecular flexibility index (Phi) is 5.63. The van der Waals surface area contributed by atoms with Crippen molar-refractivity contribution in [1.29, 1.82) is 0 Å². The first kappa shape index (κ1) is 18.4. The fraction of sp³-hybridized carbons (Fsp3) is 0.438. The number of H-pyrrole nitrogens is 1. The highest BCUT2D eigenvalue weighted by Gasteiger charge is 2.27. The third kappa shape index (κ3) is 4.34. The zero-order valence-electron chi connectivity index (χ0n) is 14.3. The van der Waals surface area contributed by atoms with Crippen LogP contribution in [0.5, 0.6) is 0 Å². The highest BCUT2D eigenvalue weighted by atomic mass is 32.2. The Morgan fingerprint density at radius 2 is 1.92 bits per heavy atom. The second kappa shape index (κ2) is 7.33. The first-order chi connectivity index (χ1) is 11.2. The van der Waals surface area contributed by atoms with Gasteiger partial charge < -0.3 is 10.3 Å². The van der Waals surface area contributed by atoms with Gasteiger partial charge in [0, 0.05) is 37.2 Å². The molecule has 0 radical (unpaired) electrons. The monoisotopic (exact) mass is 352 g/mol. The zero-order valence-corrected chi connectivity index (χ0v) is 15.1. The number of nitrogens with zero attached hydrogens (tertiary/aromatic N) is 1. The van der Waals surface area contributed by atoms with Gasteiger partial charge in [-0.25, -0.2) is 0 Å². The molecule has 0 bridgehead atoms. The van der Waals surface area contributed by atoms with E-state index in [1.807, 2.05) is 44.3 Å². The molecule has 24 heavy (non-hydrogen) atoms. The number of amides is 1. The molecule has 132 valence electrons. The summed E-state index contributed by atoms with van der Waals surface area (Å²) >= 11 is 0. The summed E-state index contributed by atoms with van der Waals surface area (Å²) in [5.41, 5.74) is 1.84. The van der Waals surface area contributed by atoms with Crippen LogP contribution in [0.25, 0.3) is 10.9 Å². The molecule has 7 nitrogen and oxygen atoms in total. The number of benzene rings is 1. The summed E-state index contributed by atoms with van der Waals surface area (Å²) in [6.07, 6.45) is 2.07. The van der Waals surface area contributed by atoms with Gasteiger partial charge >= 0.3 is 0 Å². The Hall–Kier alpha value is -1.90. The zero-order chi connectivity index (χ0) is 17.9. The van der Waals surface area contributed by atoms with Crippen molar-refractivity contribution in [2.75, 3.05) is 14.1 Å². The minimum Gasteiger partial charge on any atom is -0.361 e. The number of hydrogen-bond donors (Lipinski definition) is 3. The van der Waals surface area contributed by atoms with Crippen molar-refractivity contribution < 1.29 is 13.2 Å². The highest BCUT2D eigenvalue weighted by Crippen LogP contribution is 2.19. The average Bonchev–Trinajstić information content (AvgIpc) is 2.89. The minimum absolute atomic E-state index is 0.0770. The standard InChI is InChI=1S/C16H24N4O3S/c1-11(2)18-16(21)15(19-24(22,23)20(3)4)9-12-10-17-14-8-6-5-7-13(12)14/h5-8,10-11,15,17,19H,9H2,1-4H3,(H,18,21)/t15-/m0/s1. The quantitative estimate of drug-likeness (QED) is 0.694. The fourth-order valence-electron chi connectivity index (χ4n) is 2.38. The third-order valence-electron chi connectivity index (χ3n) is 3.62. The molecular weight excluding hydrogens is 328 g/mol.